The molecule has 8 nitrogen and oxygen atoms in total. The zero-order valence-corrected chi connectivity index (χ0v) is 35.8. The van der Waals surface area contributed by atoms with Gasteiger partial charge in [-0.05, 0) is 113 Å². The third-order valence-electron chi connectivity index (χ3n) is 17.0. The summed E-state index contributed by atoms with van der Waals surface area (Å²) in [6, 6.07) is 0.141. The van der Waals surface area contributed by atoms with E-state index >= 15 is 9.59 Å². The number of aromatic amines is 1. The number of Topliss-reactive ketones (excluding diaryl/α,β-unsaturated/α-hetero) is 1. The molecule has 0 aromatic carbocycles. The summed E-state index contributed by atoms with van der Waals surface area (Å²) in [5.74, 6) is 2.32. The number of allylic oxidation sites excluding steroid dienone is 2. The van der Waals surface area contributed by atoms with Gasteiger partial charge in [0.25, 0.3) is 11.5 Å². The fourth-order valence-corrected chi connectivity index (χ4v) is 13.9. The number of aromatic nitrogens is 2. The zero-order valence-electron chi connectivity index (χ0n) is 35.8. The first kappa shape index (κ1) is 40.5. The molecule has 7 aliphatic carbocycles. The molecular formula is C50H74N4O4. The molecule has 1 aromatic heterocycles. The molecule has 0 spiro atoms. The molecule has 2 N–H and O–H groups in total. The van der Waals surface area contributed by atoms with Gasteiger partial charge in [0.15, 0.2) is 0 Å². The molecule has 58 heavy (non-hydrogen) atoms. The van der Waals surface area contributed by atoms with E-state index in [1.807, 2.05) is 9.69 Å². The molecule has 0 atom stereocenters. The predicted octanol–water partition coefficient (Wildman–Crippen LogP) is 11.8. The van der Waals surface area contributed by atoms with Gasteiger partial charge < -0.3 is 5.11 Å². The molecule has 8 aliphatic rings. The normalized spacial score (nSPS) is 26.9. The Kier molecular flexibility index (Phi) is 12.8. The van der Waals surface area contributed by atoms with Crippen molar-refractivity contribution in [2.24, 2.45) is 40.6 Å². The number of carbonyl (C=O) groups is 2. The minimum Gasteiger partial charge on any atom is -0.506 e. The van der Waals surface area contributed by atoms with Crippen LogP contribution >= 0.6 is 0 Å². The number of H-pyrrole nitrogens is 1. The second-order valence-electron chi connectivity index (χ2n) is 20.6. The molecule has 2 heterocycles. The maximum absolute atomic E-state index is 15.1. The van der Waals surface area contributed by atoms with Crippen LogP contribution in [0.2, 0.25) is 0 Å². The van der Waals surface area contributed by atoms with E-state index in [4.69, 9.17) is 5.10 Å². The van der Waals surface area contributed by atoms with Crippen LogP contribution in [0, 0.1) is 35.5 Å². The Balaban J connectivity index is 1.11. The van der Waals surface area contributed by atoms with E-state index in [-0.39, 0.29) is 46.2 Å². The molecule has 0 bridgehead atoms. The van der Waals surface area contributed by atoms with Crippen molar-refractivity contribution in [2.75, 3.05) is 0 Å². The van der Waals surface area contributed by atoms with Gasteiger partial charge in [0.1, 0.15) is 5.76 Å². The highest BCUT2D eigenvalue weighted by Crippen LogP contribution is 2.47. The predicted molar refractivity (Wildman–Crippen MR) is 232 cm³/mol. The van der Waals surface area contributed by atoms with E-state index in [0.717, 1.165) is 69.9 Å². The zero-order chi connectivity index (χ0) is 39.6. The molecule has 6 fully saturated rings. The van der Waals surface area contributed by atoms with Crippen LogP contribution in [0.4, 0.5) is 0 Å². The first-order valence-electron chi connectivity index (χ1n) is 25.0. The lowest BCUT2D eigenvalue weighted by atomic mass is 9.73. The van der Waals surface area contributed by atoms with Gasteiger partial charge in [0.05, 0.1) is 40.1 Å². The largest absolute Gasteiger partial charge is 0.506 e. The third kappa shape index (κ3) is 8.14. The highest BCUT2D eigenvalue weighted by Gasteiger charge is 2.49. The highest BCUT2D eigenvalue weighted by atomic mass is 16.3. The molecule has 8 heteroatoms. The van der Waals surface area contributed by atoms with Gasteiger partial charge in [-0.15, -0.1) is 0 Å². The van der Waals surface area contributed by atoms with Gasteiger partial charge in [-0.1, -0.05) is 128 Å². The Hall–Kier alpha value is -2.90. The Morgan fingerprint density at radius 1 is 0.534 bits per heavy atom. The molecule has 318 valence electrons. The molecule has 6 saturated carbocycles. The smallest absolute Gasteiger partial charge is 0.277 e. The Labute approximate surface area is 348 Å². The molecule has 9 rings (SSSR count). The summed E-state index contributed by atoms with van der Waals surface area (Å²) in [6.07, 6.45) is 37.0. The number of aryl methyl sites for hydroxylation is 1. The van der Waals surface area contributed by atoms with Crippen molar-refractivity contribution < 1.29 is 14.7 Å². The van der Waals surface area contributed by atoms with Crippen molar-refractivity contribution in [3.63, 3.8) is 0 Å². The van der Waals surface area contributed by atoms with Gasteiger partial charge in [-0.2, -0.15) is 5.10 Å². The van der Waals surface area contributed by atoms with Crippen molar-refractivity contribution in [1.29, 1.82) is 0 Å². The molecule has 1 aliphatic heterocycles. The van der Waals surface area contributed by atoms with Crippen molar-refractivity contribution >= 4 is 23.0 Å². The standard InChI is InChI=1S/C50H74N4O4/c55-47-43(41-39(31-29-33-17-13-14-18-33)51-53(49(41)57)45(35-21-5-1-6-22-35)36-23-7-2-8-24-36)48(56)44(47)42-40(32-30-34-19-15-16-20-34)52-54(50(42)58)46(37-25-9-3-10-26-37)38-27-11-4-12-28-38/h33-38,45-46,51,55H,1-32H2/b44-42-. The maximum Gasteiger partial charge on any atom is 0.277 e. The van der Waals surface area contributed by atoms with Gasteiger partial charge >= 0.3 is 0 Å². The number of rotatable bonds is 13. The summed E-state index contributed by atoms with van der Waals surface area (Å²) in [5, 5.41) is 23.1. The van der Waals surface area contributed by atoms with Crippen LogP contribution in [-0.4, -0.2) is 43.3 Å². The number of nitrogens with zero attached hydrogens (tertiary/aromatic N) is 3. The summed E-state index contributed by atoms with van der Waals surface area (Å²) in [7, 11) is 0. The minimum atomic E-state index is -0.333. The number of nitrogens with one attached hydrogen (secondary N) is 1. The van der Waals surface area contributed by atoms with Gasteiger partial charge in [0.2, 0.25) is 5.78 Å². The summed E-state index contributed by atoms with van der Waals surface area (Å²) in [5.41, 5.74) is 2.38. The van der Waals surface area contributed by atoms with Gasteiger partial charge in [-0.3, -0.25) is 19.5 Å². The van der Waals surface area contributed by atoms with Crippen LogP contribution in [0.15, 0.2) is 26.8 Å². The first-order chi connectivity index (χ1) is 28.5. The average Bonchev–Trinajstić information content (AvgIpc) is 4.09. The number of carbonyl (C=O) groups excluding carboxylic acids is 2. The van der Waals surface area contributed by atoms with Crippen LogP contribution in [0.1, 0.15) is 216 Å². The summed E-state index contributed by atoms with van der Waals surface area (Å²) < 4.78 is 1.96. The van der Waals surface area contributed by atoms with E-state index in [2.05, 4.69) is 5.10 Å². The topological polar surface area (TPSA) is 108 Å². The van der Waals surface area contributed by atoms with E-state index in [0.29, 0.717) is 65.2 Å². The Morgan fingerprint density at radius 3 is 1.43 bits per heavy atom. The number of hydrogen-bond acceptors (Lipinski definition) is 5. The van der Waals surface area contributed by atoms with Crippen LogP contribution in [0.3, 0.4) is 0 Å². The average molecular weight is 795 g/mol. The third-order valence-corrected chi connectivity index (χ3v) is 17.0. The molecule has 0 saturated heterocycles. The van der Waals surface area contributed by atoms with Crippen LogP contribution in [0.25, 0.3) is 5.57 Å². The van der Waals surface area contributed by atoms with Crippen molar-refractivity contribution in [3.05, 3.63) is 38.5 Å². The maximum atomic E-state index is 15.1. The fraction of sp³-hybridized carbons (Fsp3) is 0.800. The molecular weight excluding hydrogens is 721 g/mol. The molecule has 0 unspecified atom stereocenters. The number of aliphatic hydroxyl groups excluding tert-OH is 1. The molecule has 1 amide bonds. The fourth-order valence-electron chi connectivity index (χ4n) is 13.9. The van der Waals surface area contributed by atoms with Gasteiger partial charge in [0, 0.05) is 5.69 Å². The molecule has 0 radical (unpaired) electrons. The number of hydrogen-bond donors (Lipinski definition) is 2. The second-order valence-corrected chi connectivity index (χ2v) is 20.6. The van der Waals surface area contributed by atoms with Crippen LogP contribution in [-0.2, 0) is 16.0 Å². The van der Waals surface area contributed by atoms with E-state index in [1.165, 1.54) is 128 Å². The number of amides is 1. The van der Waals surface area contributed by atoms with E-state index in [1.54, 1.807) is 0 Å². The lowest BCUT2D eigenvalue weighted by Gasteiger charge is -2.41. The number of aliphatic hydroxyl groups is 1. The number of ketones is 1. The van der Waals surface area contributed by atoms with Crippen molar-refractivity contribution in [1.82, 2.24) is 14.8 Å². The number of hydrazone groups is 1. The summed E-state index contributed by atoms with van der Waals surface area (Å²) in [6.45, 7) is 0. The van der Waals surface area contributed by atoms with Crippen molar-refractivity contribution in [2.45, 2.75) is 218 Å². The Bertz CT molecular complexity index is 1740. The van der Waals surface area contributed by atoms with Crippen molar-refractivity contribution in [3.8, 4) is 0 Å². The quantitative estimate of drug-likeness (QED) is 0.194. The first-order valence-corrected chi connectivity index (χ1v) is 25.0. The van der Waals surface area contributed by atoms with Crippen LogP contribution < -0.4 is 5.56 Å². The van der Waals surface area contributed by atoms with Crippen LogP contribution in [0.5, 0.6) is 0 Å². The highest BCUT2D eigenvalue weighted by molar-refractivity contribution is 6.44. The second kappa shape index (κ2) is 18.4. The summed E-state index contributed by atoms with van der Waals surface area (Å²) >= 11 is 0. The Morgan fingerprint density at radius 2 is 0.966 bits per heavy atom. The SMILES string of the molecule is O=C1C(c2c(CCC3CCCC3)[nH]n(C(C3CCCCC3)C3CCCCC3)c2=O)=C(O)/C1=C1/C(=O)N(C(C2CCCCC2)C2CCCCC2)N=C1CCC1CCCC1. The minimum absolute atomic E-state index is 0.0454. The van der Waals surface area contributed by atoms with E-state index < -0.39 is 0 Å². The lowest BCUT2D eigenvalue weighted by Crippen LogP contribution is -2.46. The molecule has 1 aromatic rings. The lowest BCUT2D eigenvalue weighted by molar-refractivity contribution is -0.131. The van der Waals surface area contributed by atoms with E-state index in [9.17, 15) is 9.90 Å². The van der Waals surface area contributed by atoms with Gasteiger partial charge in [-0.25, -0.2) is 9.69 Å². The summed E-state index contributed by atoms with van der Waals surface area (Å²) in [4.78, 5) is 45.0. The monoisotopic (exact) mass is 795 g/mol.